The second-order valence-electron chi connectivity index (χ2n) is 5.03. The highest BCUT2D eigenvalue weighted by atomic mass is 35.5. The van der Waals surface area contributed by atoms with E-state index >= 15 is 0 Å². The minimum absolute atomic E-state index is 0.391. The van der Waals surface area contributed by atoms with Crippen LogP contribution < -0.4 is 19.6 Å². The topological polar surface area (TPSA) is 69.2 Å². The van der Waals surface area contributed by atoms with Gasteiger partial charge in [0.25, 0.3) is 5.91 Å². The molecular formula is C18H19ClN2O4. The normalized spacial score (nSPS) is 11.8. The number of hydrogen-bond acceptors (Lipinski definition) is 5. The van der Waals surface area contributed by atoms with Crippen LogP contribution in [0, 0.1) is 0 Å². The smallest absolute Gasteiger partial charge is 0.280 e. The predicted octanol–water partition coefficient (Wildman–Crippen LogP) is 3.27. The van der Waals surface area contributed by atoms with Gasteiger partial charge in [0.15, 0.2) is 17.6 Å². The van der Waals surface area contributed by atoms with Gasteiger partial charge in [-0.25, -0.2) is 5.43 Å². The summed E-state index contributed by atoms with van der Waals surface area (Å²) in [4.78, 5) is 12.1. The van der Waals surface area contributed by atoms with E-state index in [1.54, 1.807) is 56.5 Å². The van der Waals surface area contributed by atoms with Gasteiger partial charge < -0.3 is 14.2 Å². The highest BCUT2D eigenvalue weighted by molar-refractivity contribution is 6.30. The molecule has 0 fully saturated rings. The van der Waals surface area contributed by atoms with E-state index < -0.39 is 12.0 Å². The third kappa shape index (κ3) is 5.12. The molecule has 1 N–H and O–H groups in total. The van der Waals surface area contributed by atoms with Crippen LogP contribution >= 0.6 is 11.6 Å². The molecule has 0 unspecified atom stereocenters. The maximum Gasteiger partial charge on any atom is 0.280 e. The summed E-state index contributed by atoms with van der Waals surface area (Å²) in [6.45, 7) is 1.62. The molecule has 0 aromatic heterocycles. The zero-order valence-electron chi connectivity index (χ0n) is 14.2. The van der Waals surface area contributed by atoms with Crippen LogP contribution in [0.25, 0.3) is 0 Å². The molecule has 0 heterocycles. The van der Waals surface area contributed by atoms with Crippen molar-refractivity contribution in [1.29, 1.82) is 0 Å². The van der Waals surface area contributed by atoms with E-state index in [0.717, 1.165) is 0 Å². The van der Waals surface area contributed by atoms with Crippen LogP contribution in [0.15, 0.2) is 47.6 Å². The summed E-state index contributed by atoms with van der Waals surface area (Å²) in [5.41, 5.74) is 3.10. The minimum Gasteiger partial charge on any atom is -0.493 e. The summed E-state index contributed by atoms with van der Waals surface area (Å²) in [7, 11) is 3.09. The second kappa shape index (κ2) is 8.94. The average molecular weight is 363 g/mol. The van der Waals surface area contributed by atoms with Gasteiger partial charge >= 0.3 is 0 Å². The van der Waals surface area contributed by atoms with E-state index in [1.165, 1.54) is 13.3 Å². The third-order valence-corrected chi connectivity index (χ3v) is 3.53. The molecule has 0 aliphatic rings. The van der Waals surface area contributed by atoms with Crippen molar-refractivity contribution in [3.8, 4) is 17.2 Å². The van der Waals surface area contributed by atoms with Crippen LogP contribution in [0.5, 0.6) is 17.2 Å². The Kier molecular flexibility index (Phi) is 6.65. The quantitative estimate of drug-likeness (QED) is 0.606. The van der Waals surface area contributed by atoms with Gasteiger partial charge in [-0.3, -0.25) is 4.79 Å². The number of hydrazone groups is 1. The standard InChI is InChI=1S/C18H19ClN2O4/c1-12(25-15-8-5-7-14(19)10-15)18(22)21-20-11-13-6-4-9-16(23-2)17(13)24-3/h4-12H,1-3H3,(H,21,22)/b20-11-/t12-/m1/s1. The second-order valence-corrected chi connectivity index (χ2v) is 5.47. The molecule has 7 heteroatoms. The van der Waals surface area contributed by atoms with Crippen molar-refractivity contribution in [2.45, 2.75) is 13.0 Å². The molecule has 1 atom stereocenters. The number of carbonyl (C=O) groups excluding carboxylic acids is 1. The van der Waals surface area contributed by atoms with E-state index in [9.17, 15) is 4.79 Å². The summed E-state index contributed by atoms with van der Waals surface area (Å²) in [5.74, 6) is 1.23. The Hall–Kier alpha value is -2.73. The molecule has 0 saturated carbocycles. The maximum absolute atomic E-state index is 12.1. The molecule has 132 valence electrons. The number of nitrogens with zero attached hydrogens (tertiary/aromatic N) is 1. The third-order valence-electron chi connectivity index (χ3n) is 3.29. The summed E-state index contributed by atoms with van der Waals surface area (Å²) in [6, 6.07) is 12.2. The monoisotopic (exact) mass is 362 g/mol. The first kappa shape index (κ1) is 18.6. The van der Waals surface area contributed by atoms with Gasteiger partial charge in [-0.1, -0.05) is 23.7 Å². The lowest BCUT2D eigenvalue weighted by Crippen LogP contribution is -2.33. The number of carbonyl (C=O) groups is 1. The Balaban J connectivity index is 1.98. The van der Waals surface area contributed by atoms with E-state index in [-0.39, 0.29) is 0 Å². The summed E-state index contributed by atoms with van der Waals surface area (Å²) < 4.78 is 16.0. The Morgan fingerprint density at radius 1 is 1.20 bits per heavy atom. The van der Waals surface area contributed by atoms with Crippen molar-refractivity contribution in [2.24, 2.45) is 5.10 Å². The van der Waals surface area contributed by atoms with Crippen LogP contribution in [0.2, 0.25) is 5.02 Å². The van der Waals surface area contributed by atoms with Crippen molar-refractivity contribution < 1.29 is 19.0 Å². The van der Waals surface area contributed by atoms with Crippen molar-refractivity contribution in [2.75, 3.05) is 14.2 Å². The Morgan fingerprint density at radius 2 is 1.96 bits per heavy atom. The van der Waals surface area contributed by atoms with E-state index in [4.69, 9.17) is 25.8 Å². The summed E-state index contributed by atoms with van der Waals surface area (Å²) in [6.07, 6.45) is 0.744. The van der Waals surface area contributed by atoms with Gasteiger partial charge in [0.1, 0.15) is 5.75 Å². The van der Waals surface area contributed by atoms with E-state index in [1.807, 2.05) is 0 Å². The molecule has 0 aliphatic carbocycles. The van der Waals surface area contributed by atoms with Crippen molar-refractivity contribution in [3.05, 3.63) is 53.1 Å². The minimum atomic E-state index is -0.733. The molecule has 0 spiro atoms. The Labute approximate surface area is 151 Å². The molecule has 0 saturated heterocycles. The number of nitrogens with one attached hydrogen (secondary N) is 1. The number of rotatable bonds is 7. The molecule has 2 aromatic carbocycles. The van der Waals surface area contributed by atoms with E-state index in [2.05, 4.69) is 10.5 Å². The highest BCUT2D eigenvalue weighted by Gasteiger charge is 2.14. The highest BCUT2D eigenvalue weighted by Crippen LogP contribution is 2.29. The van der Waals surface area contributed by atoms with Crippen molar-refractivity contribution in [3.63, 3.8) is 0 Å². The molecule has 2 rings (SSSR count). The SMILES string of the molecule is COc1cccc(/C=N\NC(=O)[C@@H](C)Oc2cccc(Cl)c2)c1OC. The Morgan fingerprint density at radius 3 is 2.64 bits per heavy atom. The van der Waals surface area contributed by atoms with Crippen LogP contribution in [0.4, 0.5) is 0 Å². The fraction of sp³-hybridized carbons (Fsp3) is 0.222. The number of para-hydroxylation sites is 1. The lowest BCUT2D eigenvalue weighted by atomic mass is 10.2. The van der Waals surface area contributed by atoms with Crippen molar-refractivity contribution in [1.82, 2.24) is 5.43 Å². The number of methoxy groups -OCH3 is 2. The lowest BCUT2D eigenvalue weighted by Gasteiger charge is -2.13. The lowest BCUT2D eigenvalue weighted by molar-refractivity contribution is -0.127. The van der Waals surface area contributed by atoms with Gasteiger partial charge in [-0.15, -0.1) is 0 Å². The zero-order valence-corrected chi connectivity index (χ0v) is 14.9. The maximum atomic E-state index is 12.1. The van der Waals surface area contributed by atoms with Crippen LogP contribution in [-0.4, -0.2) is 32.4 Å². The van der Waals surface area contributed by atoms with Crippen LogP contribution in [-0.2, 0) is 4.79 Å². The van der Waals surface area contributed by atoms with Gasteiger partial charge in [0, 0.05) is 10.6 Å². The average Bonchev–Trinajstić information content (AvgIpc) is 2.61. The molecule has 1 amide bonds. The van der Waals surface area contributed by atoms with Gasteiger partial charge in [0.2, 0.25) is 0 Å². The summed E-state index contributed by atoms with van der Waals surface area (Å²) in [5, 5.41) is 4.48. The summed E-state index contributed by atoms with van der Waals surface area (Å²) >= 11 is 5.89. The van der Waals surface area contributed by atoms with Gasteiger partial charge in [-0.05, 0) is 37.3 Å². The molecule has 0 radical (unpaired) electrons. The molecule has 0 aliphatic heterocycles. The number of hydrogen-bond donors (Lipinski definition) is 1. The predicted molar refractivity (Wildman–Crippen MR) is 96.8 cm³/mol. The Bertz CT molecular complexity index is 764. The van der Waals surface area contributed by atoms with E-state index in [0.29, 0.717) is 27.8 Å². The van der Waals surface area contributed by atoms with Crippen molar-refractivity contribution >= 4 is 23.7 Å². The first-order valence-electron chi connectivity index (χ1n) is 7.51. The molecule has 25 heavy (non-hydrogen) atoms. The largest absolute Gasteiger partial charge is 0.493 e. The molecular weight excluding hydrogens is 344 g/mol. The van der Waals surface area contributed by atoms with Gasteiger partial charge in [0.05, 0.1) is 20.4 Å². The molecule has 6 nitrogen and oxygen atoms in total. The number of amides is 1. The van der Waals surface area contributed by atoms with Crippen LogP contribution in [0.3, 0.4) is 0 Å². The number of ether oxygens (including phenoxy) is 3. The van der Waals surface area contributed by atoms with Crippen LogP contribution in [0.1, 0.15) is 12.5 Å². The number of benzene rings is 2. The molecule has 0 bridgehead atoms. The first-order chi connectivity index (χ1) is 12.0. The molecule has 2 aromatic rings. The van der Waals surface area contributed by atoms with Gasteiger partial charge in [-0.2, -0.15) is 5.10 Å². The fourth-order valence-corrected chi connectivity index (χ4v) is 2.25. The number of halogens is 1. The zero-order chi connectivity index (χ0) is 18.2. The first-order valence-corrected chi connectivity index (χ1v) is 7.89. The fourth-order valence-electron chi connectivity index (χ4n) is 2.07.